The number of aliphatic carboxylic acids is 1. The maximum atomic E-state index is 10.7. The number of hydrogen-bond donors (Lipinski definition) is 5. The van der Waals surface area contributed by atoms with Crippen LogP contribution in [0, 0.1) is 0 Å². The first-order valence-electron chi connectivity index (χ1n) is 5.68. The minimum atomic E-state index is -4.85. The molecule has 0 spiro atoms. The van der Waals surface area contributed by atoms with Crippen LogP contribution >= 0.6 is 15.6 Å². The second kappa shape index (κ2) is 8.86. The monoisotopic (exact) mass is 336 g/mol. The van der Waals surface area contributed by atoms with Crippen LogP contribution in [-0.4, -0.2) is 43.4 Å². The first-order valence-corrected chi connectivity index (χ1v) is 8.74. The lowest BCUT2D eigenvalue weighted by atomic mass is 10.1. The van der Waals surface area contributed by atoms with E-state index in [0.717, 1.165) is 0 Å². The van der Waals surface area contributed by atoms with E-state index >= 15 is 0 Å². The van der Waals surface area contributed by atoms with Gasteiger partial charge in [0.25, 0.3) is 0 Å². The molecule has 0 saturated carbocycles. The molecule has 0 aliphatic carbocycles. The molecule has 0 heterocycles. The number of carboxylic acid groups (broad SMARTS) is 1. The second-order valence-corrected chi connectivity index (χ2v) is 6.38. The third kappa shape index (κ3) is 12.7. The molecule has 0 fully saturated rings. The zero-order chi connectivity index (χ0) is 15.8. The molecule has 120 valence electrons. The Hall–Kier alpha value is -0.310. The number of carboxylic acids is 1. The highest BCUT2D eigenvalue weighted by Crippen LogP contribution is 2.38. The average Bonchev–Trinajstić information content (AvgIpc) is 2.22. The van der Waals surface area contributed by atoms with Gasteiger partial charge in [-0.3, -0.25) is 9.05 Å². The van der Waals surface area contributed by atoms with E-state index in [0.29, 0.717) is 25.7 Å². The van der Waals surface area contributed by atoms with Crippen LogP contribution in [0.3, 0.4) is 0 Å². The van der Waals surface area contributed by atoms with Crippen LogP contribution < -0.4 is 0 Å². The van der Waals surface area contributed by atoms with Crippen molar-refractivity contribution in [3.63, 3.8) is 0 Å². The van der Waals surface area contributed by atoms with Crippen LogP contribution in [0.4, 0.5) is 0 Å². The van der Waals surface area contributed by atoms with E-state index in [2.05, 4.69) is 9.05 Å². The molecule has 1 unspecified atom stereocenters. The van der Waals surface area contributed by atoms with Gasteiger partial charge >= 0.3 is 21.6 Å². The molecule has 0 bridgehead atoms. The van der Waals surface area contributed by atoms with Gasteiger partial charge in [0.2, 0.25) is 0 Å². The highest BCUT2D eigenvalue weighted by atomic mass is 31.2. The predicted molar refractivity (Wildman–Crippen MR) is 65.6 cm³/mol. The quantitative estimate of drug-likeness (QED) is 0.266. The summed E-state index contributed by atoms with van der Waals surface area (Å²) < 4.78 is 29.2. The molecule has 0 amide bonds. The summed E-state index contributed by atoms with van der Waals surface area (Å²) in [4.78, 5) is 44.5. The number of phosphoric ester groups is 2. The maximum Gasteiger partial charge on any atom is 0.470 e. The van der Waals surface area contributed by atoms with Crippen molar-refractivity contribution in [2.24, 2.45) is 0 Å². The van der Waals surface area contributed by atoms with Gasteiger partial charge in [-0.1, -0.05) is 19.3 Å². The van der Waals surface area contributed by atoms with E-state index in [1.807, 2.05) is 0 Å². The molecule has 12 heteroatoms. The number of rotatable bonds is 11. The molecule has 5 N–H and O–H groups in total. The lowest BCUT2D eigenvalue weighted by molar-refractivity contribution is -0.146. The van der Waals surface area contributed by atoms with Crippen LogP contribution in [0.2, 0.25) is 0 Å². The summed E-state index contributed by atoms with van der Waals surface area (Å²) in [5, 5.41) is 8.69. The number of unbranched alkanes of at least 4 members (excludes halogenated alkanes) is 3. The Labute approximate surface area is 115 Å². The summed E-state index contributed by atoms with van der Waals surface area (Å²) in [6.07, 6.45) is 0.109. The van der Waals surface area contributed by atoms with Gasteiger partial charge < -0.3 is 24.7 Å². The van der Waals surface area contributed by atoms with Crippen molar-refractivity contribution in [2.75, 3.05) is 6.61 Å². The first kappa shape index (κ1) is 19.7. The minimum Gasteiger partial charge on any atom is -0.479 e. The molecule has 0 radical (unpaired) electrons. The summed E-state index contributed by atoms with van der Waals surface area (Å²) in [6, 6.07) is 0. The lowest BCUT2D eigenvalue weighted by Gasteiger charge is -2.13. The van der Waals surface area contributed by atoms with Gasteiger partial charge in [-0.15, -0.1) is 0 Å². The van der Waals surface area contributed by atoms with Crippen molar-refractivity contribution < 1.29 is 47.7 Å². The molecule has 20 heavy (non-hydrogen) atoms. The van der Waals surface area contributed by atoms with Gasteiger partial charge in [-0.2, -0.15) is 0 Å². The summed E-state index contributed by atoms with van der Waals surface area (Å²) in [6.45, 7) is -0.119. The van der Waals surface area contributed by atoms with Crippen LogP contribution in [0.15, 0.2) is 0 Å². The normalized spacial score (nSPS) is 14.2. The molecule has 0 saturated heterocycles. The summed E-state index contributed by atoms with van der Waals surface area (Å²) in [5.74, 6) is -1.46. The van der Waals surface area contributed by atoms with Crippen molar-refractivity contribution >= 4 is 21.6 Å². The smallest absolute Gasteiger partial charge is 0.470 e. The Bertz CT molecular complexity index is 385. The number of hydrogen-bond acceptors (Lipinski definition) is 5. The second-order valence-electron chi connectivity index (χ2n) is 3.95. The number of carbonyl (C=O) groups is 1. The molecule has 0 aliphatic heterocycles. The predicted octanol–water partition coefficient (Wildman–Crippen LogP) is 0.609. The molecule has 0 rings (SSSR count). The highest BCUT2D eigenvalue weighted by Gasteiger charge is 2.27. The molecule has 0 aromatic heterocycles. The SMILES string of the molecule is O=C(O)C(CCCCCCOP(=O)(O)O)OP(=O)(O)O. The summed E-state index contributed by atoms with van der Waals surface area (Å²) in [5.41, 5.74) is 0. The molecule has 0 aromatic carbocycles. The highest BCUT2D eigenvalue weighted by molar-refractivity contribution is 7.46. The van der Waals surface area contributed by atoms with Gasteiger partial charge in [-0.05, 0) is 12.8 Å². The fourth-order valence-electron chi connectivity index (χ4n) is 1.36. The third-order valence-electron chi connectivity index (χ3n) is 2.16. The minimum absolute atomic E-state index is 0.0696. The van der Waals surface area contributed by atoms with Gasteiger partial charge in [0.15, 0.2) is 6.10 Å². The van der Waals surface area contributed by atoms with Crippen molar-refractivity contribution in [2.45, 2.75) is 38.2 Å². The van der Waals surface area contributed by atoms with Gasteiger partial charge in [0.1, 0.15) is 0 Å². The molecule has 1 atom stereocenters. The summed E-state index contributed by atoms with van der Waals surface area (Å²) in [7, 11) is -9.31. The Kier molecular flexibility index (Phi) is 8.72. The van der Waals surface area contributed by atoms with Crippen molar-refractivity contribution in [3.8, 4) is 0 Å². The van der Waals surface area contributed by atoms with Crippen molar-refractivity contribution in [1.29, 1.82) is 0 Å². The largest absolute Gasteiger partial charge is 0.479 e. The van der Waals surface area contributed by atoms with Crippen LogP contribution in [0.1, 0.15) is 32.1 Å². The fourth-order valence-corrected chi connectivity index (χ4v) is 2.25. The van der Waals surface area contributed by atoms with Crippen LogP contribution in [-0.2, 0) is 23.0 Å². The van der Waals surface area contributed by atoms with Crippen molar-refractivity contribution in [1.82, 2.24) is 0 Å². The van der Waals surface area contributed by atoms with Crippen LogP contribution in [0.5, 0.6) is 0 Å². The Morgan fingerprint density at radius 1 is 0.950 bits per heavy atom. The molecular weight excluding hydrogens is 318 g/mol. The topological polar surface area (TPSA) is 171 Å². The molecule has 10 nitrogen and oxygen atoms in total. The van der Waals surface area contributed by atoms with E-state index in [1.165, 1.54) is 0 Å². The molecule has 0 aliphatic rings. The van der Waals surface area contributed by atoms with E-state index in [1.54, 1.807) is 0 Å². The van der Waals surface area contributed by atoms with Crippen molar-refractivity contribution in [3.05, 3.63) is 0 Å². The van der Waals surface area contributed by atoms with E-state index < -0.39 is 27.7 Å². The van der Waals surface area contributed by atoms with E-state index in [4.69, 9.17) is 24.7 Å². The summed E-state index contributed by atoms with van der Waals surface area (Å²) >= 11 is 0. The lowest BCUT2D eigenvalue weighted by Crippen LogP contribution is -2.22. The third-order valence-corrected chi connectivity index (χ3v) is 3.21. The maximum absolute atomic E-state index is 10.7. The fraction of sp³-hybridized carbons (Fsp3) is 0.875. The Morgan fingerprint density at radius 3 is 1.95 bits per heavy atom. The standard InChI is InChI=1S/C8H18O10P2/c9-8(10)7(18-20(14,15)16)5-3-1-2-4-6-17-19(11,12)13/h7H,1-6H2,(H,9,10)(H2,11,12,13)(H2,14,15,16). The Morgan fingerprint density at radius 2 is 1.50 bits per heavy atom. The zero-order valence-electron chi connectivity index (χ0n) is 10.5. The first-order chi connectivity index (χ1) is 9.01. The average molecular weight is 336 g/mol. The van der Waals surface area contributed by atoms with E-state index in [-0.39, 0.29) is 13.0 Å². The number of phosphoric acid groups is 2. The Balaban J connectivity index is 3.78. The van der Waals surface area contributed by atoms with Gasteiger partial charge in [0.05, 0.1) is 6.61 Å². The molecule has 0 aromatic rings. The zero-order valence-corrected chi connectivity index (χ0v) is 12.3. The van der Waals surface area contributed by atoms with Gasteiger partial charge in [0, 0.05) is 0 Å². The van der Waals surface area contributed by atoms with Crippen LogP contribution in [0.25, 0.3) is 0 Å². The van der Waals surface area contributed by atoms with Gasteiger partial charge in [-0.25, -0.2) is 13.9 Å². The van der Waals surface area contributed by atoms with E-state index in [9.17, 15) is 13.9 Å². The molecular formula is C8H18O10P2.